The molecule has 1 unspecified atom stereocenters. The number of nitrogens with zero attached hydrogens (tertiary/aromatic N) is 3. The molecule has 4 heteroatoms. The second-order valence-electron chi connectivity index (χ2n) is 7.35. The molecule has 3 aromatic rings. The summed E-state index contributed by atoms with van der Waals surface area (Å²) in [6.45, 7) is 5.08. The number of aromatic nitrogens is 1. The fourth-order valence-corrected chi connectivity index (χ4v) is 3.98. The van der Waals surface area contributed by atoms with Crippen LogP contribution in [0.4, 0.5) is 0 Å². The Labute approximate surface area is 161 Å². The minimum Gasteiger partial charge on any atom is -0.396 e. The van der Waals surface area contributed by atoms with Gasteiger partial charge >= 0.3 is 0 Å². The summed E-state index contributed by atoms with van der Waals surface area (Å²) >= 11 is 0. The Kier molecular flexibility index (Phi) is 5.78. The fourth-order valence-electron chi connectivity index (χ4n) is 3.98. The van der Waals surface area contributed by atoms with Gasteiger partial charge in [-0.2, -0.15) is 0 Å². The van der Waals surface area contributed by atoms with E-state index in [1.807, 2.05) is 6.07 Å². The normalized spacial score (nSPS) is 18.8. The molecule has 0 radical (unpaired) electrons. The zero-order chi connectivity index (χ0) is 18.5. The first-order chi connectivity index (χ1) is 13.3. The van der Waals surface area contributed by atoms with Gasteiger partial charge in [0.25, 0.3) is 0 Å². The zero-order valence-electron chi connectivity index (χ0n) is 15.7. The van der Waals surface area contributed by atoms with Crippen molar-refractivity contribution in [3.8, 4) is 0 Å². The molecule has 1 atom stereocenters. The number of hydrogen-bond donors (Lipinski definition) is 1. The number of pyridine rings is 1. The van der Waals surface area contributed by atoms with E-state index in [1.54, 1.807) is 0 Å². The minimum absolute atomic E-state index is 0.234. The van der Waals surface area contributed by atoms with Crippen molar-refractivity contribution in [2.24, 2.45) is 0 Å². The van der Waals surface area contributed by atoms with Crippen LogP contribution in [0.5, 0.6) is 0 Å². The summed E-state index contributed by atoms with van der Waals surface area (Å²) in [5, 5.41) is 10.7. The number of fused-ring (bicyclic) bond motifs is 1. The van der Waals surface area contributed by atoms with Crippen molar-refractivity contribution < 1.29 is 5.11 Å². The lowest BCUT2D eigenvalue weighted by atomic mass is 10.1. The highest BCUT2D eigenvalue weighted by Gasteiger charge is 2.26. The average molecular weight is 361 g/mol. The number of hydrogen-bond acceptors (Lipinski definition) is 4. The minimum atomic E-state index is 0.234. The highest BCUT2D eigenvalue weighted by atomic mass is 16.3. The summed E-state index contributed by atoms with van der Waals surface area (Å²) in [6, 6.07) is 23.6. The van der Waals surface area contributed by atoms with E-state index in [1.165, 1.54) is 10.9 Å². The highest BCUT2D eigenvalue weighted by molar-refractivity contribution is 5.78. The van der Waals surface area contributed by atoms with E-state index in [0.29, 0.717) is 6.04 Å². The molecule has 1 aliphatic rings. The third-order valence-corrected chi connectivity index (χ3v) is 5.42. The molecule has 2 heterocycles. The Balaban J connectivity index is 1.42. The number of piperazine rings is 1. The van der Waals surface area contributed by atoms with Gasteiger partial charge in [0.15, 0.2) is 0 Å². The maximum Gasteiger partial charge on any atom is 0.0705 e. The molecule has 0 saturated carbocycles. The summed E-state index contributed by atoms with van der Waals surface area (Å²) in [7, 11) is 0. The van der Waals surface area contributed by atoms with Gasteiger partial charge in [0.1, 0.15) is 0 Å². The van der Waals surface area contributed by atoms with E-state index < -0.39 is 0 Å². The van der Waals surface area contributed by atoms with Gasteiger partial charge in [0, 0.05) is 50.8 Å². The zero-order valence-corrected chi connectivity index (χ0v) is 15.7. The van der Waals surface area contributed by atoms with Crippen LogP contribution >= 0.6 is 0 Å². The molecule has 1 aromatic heterocycles. The van der Waals surface area contributed by atoms with E-state index in [2.05, 4.69) is 70.5 Å². The maximum atomic E-state index is 9.54. The van der Waals surface area contributed by atoms with Gasteiger partial charge in [-0.05, 0) is 24.1 Å². The van der Waals surface area contributed by atoms with Crippen molar-refractivity contribution in [1.82, 2.24) is 14.8 Å². The van der Waals surface area contributed by atoms with Gasteiger partial charge in [0.05, 0.1) is 11.2 Å². The number of benzene rings is 2. The number of aliphatic hydroxyl groups is 1. The number of rotatable bonds is 6. The SMILES string of the molecule is OCCC1CN(Cc2ccc3ccccc3n2)CCN1Cc1ccccc1. The lowest BCUT2D eigenvalue weighted by Gasteiger charge is -2.41. The van der Waals surface area contributed by atoms with E-state index in [4.69, 9.17) is 4.98 Å². The van der Waals surface area contributed by atoms with Crippen LogP contribution in [-0.4, -0.2) is 52.2 Å². The van der Waals surface area contributed by atoms with Crippen LogP contribution in [0.3, 0.4) is 0 Å². The van der Waals surface area contributed by atoms with Crippen molar-refractivity contribution in [2.45, 2.75) is 25.6 Å². The number of para-hydroxylation sites is 1. The van der Waals surface area contributed by atoms with Crippen LogP contribution in [0, 0.1) is 0 Å². The van der Waals surface area contributed by atoms with Crippen molar-refractivity contribution in [2.75, 3.05) is 26.2 Å². The molecular weight excluding hydrogens is 334 g/mol. The van der Waals surface area contributed by atoms with Crippen molar-refractivity contribution >= 4 is 10.9 Å². The Morgan fingerprint density at radius 2 is 1.70 bits per heavy atom. The number of aliphatic hydroxyl groups excluding tert-OH is 1. The molecule has 1 fully saturated rings. The van der Waals surface area contributed by atoms with Crippen LogP contribution in [0.15, 0.2) is 66.7 Å². The monoisotopic (exact) mass is 361 g/mol. The van der Waals surface area contributed by atoms with Gasteiger partial charge in [-0.15, -0.1) is 0 Å². The molecule has 4 nitrogen and oxygen atoms in total. The predicted octanol–water partition coefficient (Wildman–Crippen LogP) is 3.30. The average Bonchev–Trinajstić information content (AvgIpc) is 2.71. The van der Waals surface area contributed by atoms with Crippen LogP contribution < -0.4 is 0 Å². The summed E-state index contributed by atoms with van der Waals surface area (Å²) < 4.78 is 0. The smallest absolute Gasteiger partial charge is 0.0705 e. The van der Waals surface area contributed by atoms with Crippen molar-refractivity contribution in [1.29, 1.82) is 0 Å². The fraction of sp³-hybridized carbons (Fsp3) is 0.348. The van der Waals surface area contributed by atoms with E-state index in [-0.39, 0.29) is 6.61 Å². The van der Waals surface area contributed by atoms with Gasteiger partial charge < -0.3 is 5.11 Å². The topological polar surface area (TPSA) is 39.6 Å². The maximum absolute atomic E-state index is 9.54. The second kappa shape index (κ2) is 8.61. The van der Waals surface area contributed by atoms with Gasteiger partial charge in [-0.25, -0.2) is 0 Å². The first-order valence-corrected chi connectivity index (χ1v) is 9.78. The third kappa shape index (κ3) is 4.53. The van der Waals surface area contributed by atoms with Crippen molar-refractivity contribution in [3.05, 3.63) is 78.0 Å². The summed E-state index contributed by atoms with van der Waals surface area (Å²) in [5.74, 6) is 0. The van der Waals surface area contributed by atoms with Crippen LogP contribution in [0.25, 0.3) is 10.9 Å². The van der Waals surface area contributed by atoms with Gasteiger partial charge in [-0.3, -0.25) is 14.8 Å². The lowest BCUT2D eigenvalue weighted by molar-refractivity contribution is 0.0494. The summed E-state index contributed by atoms with van der Waals surface area (Å²) in [4.78, 5) is 9.80. The highest BCUT2D eigenvalue weighted by Crippen LogP contribution is 2.19. The molecule has 4 rings (SSSR count). The van der Waals surface area contributed by atoms with Crippen LogP contribution in [0.1, 0.15) is 17.7 Å². The summed E-state index contributed by atoms with van der Waals surface area (Å²) in [5.41, 5.74) is 3.52. The molecule has 1 N–H and O–H groups in total. The Hall–Kier alpha value is -2.27. The van der Waals surface area contributed by atoms with E-state index in [0.717, 1.165) is 50.4 Å². The lowest BCUT2D eigenvalue weighted by Crippen LogP contribution is -2.52. The molecule has 0 amide bonds. The Morgan fingerprint density at radius 3 is 2.56 bits per heavy atom. The van der Waals surface area contributed by atoms with Crippen LogP contribution in [0.2, 0.25) is 0 Å². The largest absolute Gasteiger partial charge is 0.396 e. The standard InChI is InChI=1S/C23H27N3O/c27-15-12-22-18-25(13-14-26(22)16-19-6-2-1-3-7-19)17-21-11-10-20-8-4-5-9-23(20)24-21/h1-11,22,27H,12-18H2. The molecule has 2 aromatic carbocycles. The molecule has 1 saturated heterocycles. The van der Waals surface area contributed by atoms with E-state index in [9.17, 15) is 5.11 Å². The van der Waals surface area contributed by atoms with Gasteiger partial charge in [-0.1, -0.05) is 54.6 Å². The molecule has 0 bridgehead atoms. The molecule has 0 aliphatic carbocycles. The predicted molar refractivity (Wildman–Crippen MR) is 109 cm³/mol. The van der Waals surface area contributed by atoms with E-state index >= 15 is 0 Å². The first kappa shape index (κ1) is 18.1. The van der Waals surface area contributed by atoms with Gasteiger partial charge in [0.2, 0.25) is 0 Å². The molecule has 140 valence electrons. The first-order valence-electron chi connectivity index (χ1n) is 9.78. The third-order valence-electron chi connectivity index (χ3n) is 5.42. The quantitative estimate of drug-likeness (QED) is 0.731. The second-order valence-corrected chi connectivity index (χ2v) is 7.35. The molecule has 0 spiro atoms. The van der Waals surface area contributed by atoms with Crippen molar-refractivity contribution in [3.63, 3.8) is 0 Å². The summed E-state index contributed by atoms with van der Waals surface area (Å²) in [6.07, 6.45) is 0.814. The molecule has 27 heavy (non-hydrogen) atoms. The molecular formula is C23H27N3O. The Bertz CT molecular complexity index is 868. The molecule has 1 aliphatic heterocycles. The van der Waals surface area contributed by atoms with Crippen LogP contribution in [-0.2, 0) is 13.1 Å². The Morgan fingerprint density at radius 1 is 0.889 bits per heavy atom.